The van der Waals surface area contributed by atoms with Crippen molar-refractivity contribution in [2.24, 2.45) is 0 Å². The normalized spacial score (nSPS) is 11.8. The van der Waals surface area contributed by atoms with Crippen LogP contribution in [0.25, 0.3) is 0 Å². The first-order valence-corrected chi connectivity index (χ1v) is 5.55. The molecule has 0 radical (unpaired) electrons. The molecular weight excluding hydrogens is 205 g/mol. The molecular formula is C13H20FNO. The van der Waals surface area contributed by atoms with Gasteiger partial charge >= 0.3 is 0 Å². The molecule has 0 unspecified atom stereocenters. The largest absolute Gasteiger partial charge is 0.395 e. The molecule has 90 valence electrons. The predicted molar refractivity (Wildman–Crippen MR) is 63.9 cm³/mol. The van der Waals surface area contributed by atoms with Crippen LogP contribution in [-0.2, 0) is 12.0 Å². The highest BCUT2D eigenvalue weighted by Crippen LogP contribution is 2.25. The molecule has 0 heterocycles. The Balaban J connectivity index is 2.82. The van der Waals surface area contributed by atoms with Crippen LogP contribution in [0.3, 0.4) is 0 Å². The first kappa shape index (κ1) is 13.1. The van der Waals surface area contributed by atoms with Gasteiger partial charge in [-0.15, -0.1) is 0 Å². The molecule has 0 aliphatic rings. The Morgan fingerprint density at radius 2 is 2.00 bits per heavy atom. The molecule has 0 aliphatic carbocycles. The number of aliphatic hydroxyl groups excluding tert-OH is 1. The van der Waals surface area contributed by atoms with Crippen molar-refractivity contribution in [1.29, 1.82) is 0 Å². The summed E-state index contributed by atoms with van der Waals surface area (Å²) in [5, 5.41) is 11.7. The number of halogens is 1. The van der Waals surface area contributed by atoms with Gasteiger partial charge in [-0.2, -0.15) is 0 Å². The molecule has 1 aromatic carbocycles. The number of hydrogen-bond donors (Lipinski definition) is 2. The van der Waals surface area contributed by atoms with Gasteiger partial charge in [0.25, 0.3) is 0 Å². The third kappa shape index (κ3) is 3.58. The van der Waals surface area contributed by atoms with E-state index in [1.54, 1.807) is 6.07 Å². The van der Waals surface area contributed by atoms with Crippen LogP contribution in [0, 0.1) is 5.82 Å². The van der Waals surface area contributed by atoms with Gasteiger partial charge in [0.1, 0.15) is 5.82 Å². The fraction of sp³-hybridized carbons (Fsp3) is 0.538. The molecule has 0 spiro atoms. The maximum atomic E-state index is 13.6. The quantitative estimate of drug-likeness (QED) is 0.770. The van der Waals surface area contributed by atoms with Crippen molar-refractivity contribution in [1.82, 2.24) is 5.32 Å². The Hall–Kier alpha value is -0.930. The van der Waals surface area contributed by atoms with Crippen molar-refractivity contribution in [3.8, 4) is 0 Å². The molecule has 0 amide bonds. The van der Waals surface area contributed by atoms with E-state index >= 15 is 0 Å². The highest BCUT2D eigenvalue weighted by atomic mass is 19.1. The molecule has 0 fully saturated rings. The van der Waals surface area contributed by atoms with E-state index in [1.807, 2.05) is 26.8 Å². The lowest BCUT2D eigenvalue weighted by molar-refractivity contribution is 0.292. The number of benzene rings is 1. The minimum Gasteiger partial charge on any atom is -0.395 e. The van der Waals surface area contributed by atoms with E-state index in [9.17, 15) is 4.39 Å². The lowest BCUT2D eigenvalue weighted by Gasteiger charge is -2.20. The van der Waals surface area contributed by atoms with Crippen molar-refractivity contribution in [3.63, 3.8) is 0 Å². The van der Waals surface area contributed by atoms with Gasteiger partial charge in [-0.05, 0) is 22.6 Å². The van der Waals surface area contributed by atoms with Gasteiger partial charge in [0.2, 0.25) is 0 Å². The summed E-state index contributed by atoms with van der Waals surface area (Å²) >= 11 is 0. The second kappa shape index (κ2) is 5.41. The summed E-state index contributed by atoms with van der Waals surface area (Å²) in [7, 11) is 0. The summed E-state index contributed by atoms with van der Waals surface area (Å²) < 4.78 is 13.6. The topological polar surface area (TPSA) is 32.3 Å². The molecule has 2 N–H and O–H groups in total. The molecule has 2 nitrogen and oxygen atoms in total. The highest BCUT2D eigenvalue weighted by molar-refractivity contribution is 5.30. The summed E-state index contributed by atoms with van der Waals surface area (Å²) in [5.74, 6) is -0.154. The Kier molecular flexibility index (Phi) is 4.44. The summed E-state index contributed by atoms with van der Waals surface area (Å²) in [5.41, 5.74) is 1.59. The van der Waals surface area contributed by atoms with E-state index in [1.165, 1.54) is 6.07 Å². The zero-order chi connectivity index (χ0) is 12.2. The van der Waals surface area contributed by atoms with Gasteiger partial charge in [-0.3, -0.25) is 0 Å². The Morgan fingerprint density at radius 3 is 2.56 bits per heavy atom. The van der Waals surface area contributed by atoms with E-state index in [0.29, 0.717) is 13.1 Å². The third-order valence-electron chi connectivity index (χ3n) is 2.46. The molecule has 16 heavy (non-hydrogen) atoms. The Labute approximate surface area is 96.5 Å². The lowest BCUT2D eigenvalue weighted by Crippen LogP contribution is -2.19. The first-order chi connectivity index (χ1) is 7.45. The number of nitrogens with one attached hydrogen (secondary N) is 1. The van der Waals surface area contributed by atoms with Gasteiger partial charge < -0.3 is 10.4 Å². The van der Waals surface area contributed by atoms with E-state index in [0.717, 1.165) is 11.1 Å². The molecule has 0 aliphatic heterocycles. The van der Waals surface area contributed by atoms with Crippen LogP contribution in [0.1, 0.15) is 31.9 Å². The van der Waals surface area contributed by atoms with Crippen LogP contribution < -0.4 is 5.32 Å². The van der Waals surface area contributed by atoms with E-state index in [2.05, 4.69) is 5.32 Å². The molecule has 0 atom stereocenters. The fourth-order valence-electron chi connectivity index (χ4n) is 1.57. The minimum absolute atomic E-state index is 0.118. The monoisotopic (exact) mass is 225 g/mol. The van der Waals surface area contributed by atoms with Crippen molar-refractivity contribution in [2.45, 2.75) is 32.7 Å². The maximum absolute atomic E-state index is 13.6. The zero-order valence-corrected chi connectivity index (χ0v) is 10.2. The Morgan fingerprint density at radius 1 is 1.31 bits per heavy atom. The van der Waals surface area contributed by atoms with Crippen LogP contribution in [0.15, 0.2) is 18.2 Å². The van der Waals surface area contributed by atoms with Gasteiger partial charge in [-0.25, -0.2) is 4.39 Å². The molecule has 0 bridgehead atoms. The third-order valence-corrected chi connectivity index (χ3v) is 2.46. The number of hydrogen-bond acceptors (Lipinski definition) is 2. The standard InChI is InChI=1S/C13H20FNO/c1-13(2,3)11-8-10(4-5-12(11)14)9-15-6-7-16/h4-5,8,15-16H,6-7,9H2,1-3H3. The van der Waals surface area contributed by atoms with Crippen molar-refractivity contribution in [2.75, 3.05) is 13.2 Å². The van der Waals surface area contributed by atoms with Gasteiger partial charge in [0, 0.05) is 13.1 Å². The molecule has 0 saturated carbocycles. The maximum Gasteiger partial charge on any atom is 0.126 e. The van der Waals surface area contributed by atoms with Crippen molar-refractivity contribution in [3.05, 3.63) is 35.1 Å². The minimum atomic E-state index is -0.183. The van der Waals surface area contributed by atoms with Crippen molar-refractivity contribution >= 4 is 0 Å². The Bertz CT molecular complexity index is 344. The zero-order valence-electron chi connectivity index (χ0n) is 10.2. The number of rotatable bonds is 4. The second-order valence-corrected chi connectivity index (χ2v) is 4.96. The summed E-state index contributed by atoms with van der Waals surface area (Å²) in [6.45, 7) is 7.32. The smallest absolute Gasteiger partial charge is 0.126 e. The highest BCUT2D eigenvalue weighted by Gasteiger charge is 2.18. The average Bonchev–Trinajstić information content (AvgIpc) is 2.19. The SMILES string of the molecule is CC(C)(C)c1cc(CNCCO)ccc1F. The second-order valence-electron chi connectivity index (χ2n) is 4.96. The molecule has 1 rings (SSSR count). The average molecular weight is 225 g/mol. The summed E-state index contributed by atoms with van der Waals surface area (Å²) in [6.07, 6.45) is 0. The lowest BCUT2D eigenvalue weighted by atomic mass is 9.86. The predicted octanol–water partition coefficient (Wildman–Crippen LogP) is 2.21. The van der Waals surface area contributed by atoms with Gasteiger partial charge in [0.05, 0.1) is 6.61 Å². The van der Waals surface area contributed by atoms with E-state index in [-0.39, 0.29) is 17.8 Å². The molecule has 3 heteroatoms. The number of aliphatic hydroxyl groups is 1. The van der Waals surface area contributed by atoms with E-state index in [4.69, 9.17) is 5.11 Å². The van der Waals surface area contributed by atoms with Crippen LogP contribution >= 0.6 is 0 Å². The van der Waals surface area contributed by atoms with Gasteiger partial charge in [0.15, 0.2) is 0 Å². The van der Waals surface area contributed by atoms with Crippen LogP contribution in [0.5, 0.6) is 0 Å². The van der Waals surface area contributed by atoms with Gasteiger partial charge in [-0.1, -0.05) is 32.9 Å². The van der Waals surface area contributed by atoms with Crippen LogP contribution in [0.2, 0.25) is 0 Å². The van der Waals surface area contributed by atoms with Crippen LogP contribution in [0.4, 0.5) is 4.39 Å². The van der Waals surface area contributed by atoms with Crippen LogP contribution in [-0.4, -0.2) is 18.3 Å². The molecule has 0 aromatic heterocycles. The first-order valence-electron chi connectivity index (χ1n) is 5.55. The van der Waals surface area contributed by atoms with Crippen molar-refractivity contribution < 1.29 is 9.50 Å². The molecule has 1 aromatic rings. The summed E-state index contributed by atoms with van der Waals surface area (Å²) in [4.78, 5) is 0. The fourth-order valence-corrected chi connectivity index (χ4v) is 1.57. The molecule has 0 saturated heterocycles. The van der Waals surface area contributed by atoms with E-state index < -0.39 is 0 Å². The summed E-state index contributed by atoms with van der Waals surface area (Å²) in [6, 6.07) is 5.17.